The van der Waals surface area contributed by atoms with Gasteiger partial charge in [-0.05, 0) is 25.7 Å². The van der Waals surface area contributed by atoms with E-state index < -0.39 is 36.7 Å². The van der Waals surface area contributed by atoms with Gasteiger partial charge in [0, 0.05) is 12.1 Å². The third-order valence-corrected chi connectivity index (χ3v) is 5.47. The third kappa shape index (κ3) is 6.56. The highest BCUT2D eigenvalue weighted by molar-refractivity contribution is 5.94. The van der Waals surface area contributed by atoms with E-state index in [0.29, 0.717) is 0 Å². The van der Waals surface area contributed by atoms with Crippen LogP contribution in [-0.4, -0.2) is 52.3 Å². The molecule has 4 amide bonds. The van der Waals surface area contributed by atoms with Crippen LogP contribution in [0.2, 0.25) is 0 Å². The van der Waals surface area contributed by atoms with E-state index in [1.807, 2.05) is 5.32 Å². The lowest BCUT2D eigenvalue weighted by Crippen LogP contribution is -2.57. The van der Waals surface area contributed by atoms with Crippen LogP contribution in [0.1, 0.15) is 70.6 Å². The van der Waals surface area contributed by atoms with E-state index in [4.69, 9.17) is 5.11 Å². The number of carbonyl (C=O) groups excluding carboxylic acids is 2. The van der Waals surface area contributed by atoms with E-state index in [2.05, 4.69) is 0 Å². The molecule has 160 valence electrons. The molecule has 0 aromatic heterocycles. The molecule has 3 N–H and O–H groups in total. The van der Waals surface area contributed by atoms with E-state index in [9.17, 15) is 27.6 Å². The first kappa shape index (κ1) is 22.3. The summed E-state index contributed by atoms with van der Waals surface area (Å²) in [4.78, 5) is 37.0. The number of carbonyl (C=O) groups is 3. The van der Waals surface area contributed by atoms with E-state index in [1.54, 1.807) is 10.2 Å². The average Bonchev–Trinajstić information content (AvgIpc) is 2.62. The Morgan fingerprint density at radius 2 is 1.39 bits per heavy atom. The molecule has 0 bridgehead atoms. The number of carboxylic acids is 1. The highest BCUT2D eigenvalue weighted by Crippen LogP contribution is 2.30. The van der Waals surface area contributed by atoms with Crippen LogP contribution in [0.15, 0.2) is 0 Å². The number of hydrogen-bond acceptors (Lipinski definition) is 3. The lowest BCUT2D eigenvalue weighted by molar-refractivity contribution is -0.165. The number of imide groups is 1. The zero-order valence-electron chi connectivity index (χ0n) is 15.8. The Hall–Kier alpha value is -2.00. The van der Waals surface area contributed by atoms with Gasteiger partial charge in [0.25, 0.3) is 0 Å². The van der Waals surface area contributed by atoms with Crippen LogP contribution in [0.4, 0.5) is 22.8 Å². The highest BCUT2D eigenvalue weighted by atomic mass is 19.4. The molecule has 0 saturated heterocycles. The van der Waals surface area contributed by atoms with Gasteiger partial charge in [0.2, 0.25) is 0 Å². The van der Waals surface area contributed by atoms with E-state index in [-0.39, 0.29) is 12.1 Å². The minimum atomic E-state index is -4.93. The molecule has 0 spiro atoms. The van der Waals surface area contributed by atoms with E-state index >= 15 is 0 Å². The number of carboxylic acid groups (broad SMARTS) is 1. The Labute approximate surface area is 162 Å². The van der Waals surface area contributed by atoms with Crippen LogP contribution < -0.4 is 10.6 Å². The number of rotatable bonds is 5. The summed E-state index contributed by atoms with van der Waals surface area (Å²) in [6.45, 7) is 0. The second kappa shape index (κ2) is 9.97. The van der Waals surface area contributed by atoms with Crippen molar-refractivity contribution in [1.82, 2.24) is 15.5 Å². The predicted molar refractivity (Wildman–Crippen MR) is 94.7 cm³/mol. The highest BCUT2D eigenvalue weighted by Gasteiger charge is 2.42. The maximum absolute atomic E-state index is 12.9. The van der Waals surface area contributed by atoms with Crippen LogP contribution in [-0.2, 0) is 4.79 Å². The number of nitrogens with zero attached hydrogens (tertiary/aromatic N) is 1. The lowest BCUT2D eigenvalue weighted by atomic mass is 9.89. The van der Waals surface area contributed by atoms with Gasteiger partial charge in [-0.15, -0.1) is 0 Å². The summed E-state index contributed by atoms with van der Waals surface area (Å²) in [5, 5.41) is 12.2. The third-order valence-electron chi connectivity index (χ3n) is 5.47. The van der Waals surface area contributed by atoms with Crippen molar-refractivity contribution in [2.75, 3.05) is 0 Å². The summed E-state index contributed by atoms with van der Waals surface area (Å²) >= 11 is 0. The first-order chi connectivity index (χ1) is 13.2. The minimum absolute atomic E-state index is 0.0258. The zero-order valence-corrected chi connectivity index (χ0v) is 15.8. The Kier molecular flexibility index (Phi) is 7.94. The molecule has 0 radical (unpaired) electrons. The normalized spacial score (nSPS) is 20.2. The van der Waals surface area contributed by atoms with Crippen molar-refractivity contribution in [3.8, 4) is 0 Å². The van der Waals surface area contributed by atoms with Crippen molar-refractivity contribution in [2.24, 2.45) is 0 Å². The number of nitrogens with one attached hydrogen (secondary N) is 2. The number of hydrogen-bond donors (Lipinski definition) is 3. The molecule has 2 aliphatic rings. The maximum Gasteiger partial charge on any atom is 0.409 e. The molecule has 0 aromatic rings. The van der Waals surface area contributed by atoms with Crippen LogP contribution >= 0.6 is 0 Å². The fourth-order valence-corrected chi connectivity index (χ4v) is 4.13. The summed E-state index contributed by atoms with van der Waals surface area (Å²) in [5.41, 5.74) is 0. The van der Waals surface area contributed by atoms with Crippen molar-refractivity contribution in [3.63, 3.8) is 0 Å². The van der Waals surface area contributed by atoms with Crippen LogP contribution in [0.5, 0.6) is 0 Å². The summed E-state index contributed by atoms with van der Waals surface area (Å²) in [5.74, 6) is -1.69. The molecule has 2 rings (SSSR count). The maximum atomic E-state index is 12.9. The molecule has 2 fully saturated rings. The van der Waals surface area contributed by atoms with Gasteiger partial charge in [0.15, 0.2) is 0 Å². The average molecular weight is 407 g/mol. The fourth-order valence-electron chi connectivity index (χ4n) is 4.13. The number of halogens is 3. The Morgan fingerprint density at radius 3 is 1.79 bits per heavy atom. The number of aliphatic carboxylic acids is 1. The number of amides is 4. The first-order valence-corrected chi connectivity index (χ1v) is 9.87. The topological polar surface area (TPSA) is 98.7 Å². The van der Waals surface area contributed by atoms with Gasteiger partial charge in [0.05, 0.1) is 6.42 Å². The Morgan fingerprint density at radius 1 is 0.929 bits per heavy atom. The Bertz CT molecular complexity index is 541. The van der Waals surface area contributed by atoms with E-state index in [0.717, 1.165) is 64.2 Å². The molecule has 2 saturated carbocycles. The largest absolute Gasteiger partial charge is 0.481 e. The summed E-state index contributed by atoms with van der Waals surface area (Å²) in [6, 6.07) is -4.64. The molecular formula is C18H28F3N3O4. The SMILES string of the molecule is O=C(O)CC(NC(=O)NC(=O)N(C1CCCCC1)C1CCCCC1)C(F)(F)F. The van der Waals surface area contributed by atoms with E-state index in [1.165, 1.54) is 0 Å². The summed E-state index contributed by atoms with van der Waals surface area (Å²) in [7, 11) is 0. The molecule has 1 unspecified atom stereocenters. The first-order valence-electron chi connectivity index (χ1n) is 9.87. The molecular weight excluding hydrogens is 379 g/mol. The standard InChI is InChI=1S/C18H28F3N3O4/c19-18(20,21)14(11-15(25)26)22-16(27)23-17(28)24(12-7-3-1-4-8-12)13-9-5-2-6-10-13/h12-14H,1-11H2,(H,25,26)(H2,22,23,27,28). The quantitative estimate of drug-likeness (QED) is 0.646. The van der Waals surface area contributed by atoms with Gasteiger partial charge in [-0.1, -0.05) is 38.5 Å². The second-order valence-electron chi connectivity index (χ2n) is 7.59. The molecule has 0 heterocycles. The molecule has 10 heteroatoms. The second-order valence-corrected chi connectivity index (χ2v) is 7.59. The minimum Gasteiger partial charge on any atom is -0.481 e. The van der Waals surface area contributed by atoms with Crippen molar-refractivity contribution >= 4 is 18.0 Å². The van der Waals surface area contributed by atoms with Gasteiger partial charge < -0.3 is 15.3 Å². The zero-order chi connectivity index (χ0) is 20.7. The molecule has 0 aromatic carbocycles. The van der Waals surface area contributed by atoms with Crippen molar-refractivity contribution in [3.05, 3.63) is 0 Å². The fraction of sp³-hybridized carbons (Fsp3) is 0.833. The molecule has 0 aliphatic heterocycles. The monoisotopic (exact) mass is 407 g/mol. The lowest BCUT2D eigenvalue weighted by Gasteiger charge is -2.41. The van der Waals surface area contributed by atoms with Crippen LogP contribution in [0.25, 0.3) is 0 Å². The molecule has 1 atom stereocenters. The smallest absolute Gasteiger partial charge is 0.409 e. The van der Waals surface area contributed by atoms with Gasteiger partial charge in [-0.3, -0.25) is 10.1 Å². The number of urea groups is 2. The van der Waals surface area contributed by atoms with Crippen molar-refractivity contribution in [2.45, 2.75) is 94.9 Å². The molecule has 28 heavy (non-hydrogen) atoms. The van der Waals surface area contributed by atoms with Gasteiger partial charge in [-0.25, -0.2) is 9.59 Å². The van der Waals surface area contributed by atoms with Crippen LogP contribution in [0.3, 0.4) is 0 Å². The van der Waals surface area contributed by atoms with Crippen molar-refractivity contribution in [1.29, 1.82) is 0 Å². The molecule has 2 aliphatic carbocycles. The Balaban J connectivity index is 2.04. The number of alkyl halides is 3. The van der Waals surface area contributed by atoms with Gasteiger partial charge >= 0.3 is 24.2 Å². The summed E-state index contributed by atoms with van der Waals surface area (Å²) < 4.78 is 38.8. The molecule has 7 nitrogen and oxygen atoms in total. The predicted octanol–water partition coefficient (Wildman–Crippen LogP) is 3.78. The summed E-state index contributed by atoms with van der Waals surface area (Å²) in [6.07, 6.45) is 3.09. The van der Waals surface area contributed by atoms with Crippen LogP contribution in [0, 0.1) is 0 Å². The van der Waals surface area contributed by atoms with Gasteiger partial charge in [-0.2, -0.15) is 13.2 Å². The van der Waals surface area contributed by atoms with Crippen molar-refractivity contribution < 1.29 is 32.7 Å². The van der Waals surface area contributed by atoms with Gasteiger partial charge in [0.1, 0.15) is 6.04 Å².